The number of hydrogen-bond donors (Lipinski definition) is 0. The van der Waals surface area contributed by atoms with Gasteiger partial charge < -0.3 is 4.90 Å². The topological polar surface area (TPSA) is 3.24 Å². The summed E-state index contributed by atoms with van der Waals surface area (Å²) in [6.45, 7) is 9.58. The molecule has 0 unspecified atom stereocenters. The minimum Gasteiger partial charge on any atom is -0.310 e. The molecule has 0 saturated carbocycles. The van der Waals surface area contributed by atoms with Crippen LogP contribution in [0.5, 0.6) is 0 Å². The molecule has 0 aliphatic heterocycles. The molecule has 2 aliphatic carbocycles. The van der Waals surface area contributed by atoms with Crippen molar-refractivity contribution in [1.29, 1.82) is 0 Å². The first-order valence-electron chi connectivity index (χ1n) is 20.3. The zero-order valence-electron chi connectivity index (χ0n) is 32.4. The molecule has 0 atom stereocenters. The van der Waals surface area contributed by atoms with Gasteiger partial charge in [-0.3, -0.25) is 0 Å². The highest BCUT2D eigenvalue weighted by atomic mass is 15.1. The van der Waals surface area contributed by atoms with Crippen molar-refractivity contribution in [2.45, 2.75) is 64.2 Å². The van der Waals surface area contributed by atoms with Gasteiger partial charge in [-0.15, -0.1) is 0 Å². The second-order valence-corrected chi connectivity index (χ2v) is 15.7. The first kappa shape index (κ1) is 33.6. The minimum atomic E-state index is 0.0321. The predicted octanol–water partition coefficient (Wildman–Crippen LogP) is 15.3. The number of anilines is 3. The molecule has 10 rings (SSSR count). The Balaban J connectivity index is 1.02. The first-order chi connectivity index (χ1) is 27.0. The summed E-state index contributed by atoms with van der Waals surface area (Å²) < 4.78 is 0. The Morgan fingerprint density at radius 2 is 0.982 bits per heavy atom. The van der Waals surface area contributed by atoms with Gasteiger partial charge in [0.25, 0.3) is 0 Å². The Hall–Kier alpha value is -5.92. The van der Waals surface area contributed by atoms with E-state index < -0.39 is 0 Å². The monoisotopic (exact) mass is 709 g/mol. The number of para-hydroxylation sites is 1. The Kier molecular flexibility index (Phi) is 7.86. The molecule has 0 heterocycles. The van der Waals surface area contributed by atoms with Crippen LogP contribution in [-0.2, 0) is 10.8 Å². The molecule has 268 valence electrons. The van der Waals surface area contributed by atoms with Crippen LogP contribution in [0.2, 0.25) is 0 Å². The predicted molar refractivity (Wildman–Crippen MR) is 238 cm³/mol. The Morgan fingerprint density at radius 3 is 1.69 bits per heavy atom. The van der Waals surface area contributed by atoms with Crippen molar-refractivity contribution in [2.24, 2.45) is 0 Å². The van der Waals surface area contributed by atoms with Crippen molar-refractivity contribution >= 4 is 72.7 Å². The average molecular weight is 710 g/mol. The van der Waals surface area contributed by atoms with Crippen LogP contribution in [0.4, 0.5) is 17.1 Å². The summed E-state index contributed by atoms with van der Waals surface area (Å²) in [7, 11) is 0. The third-order valence-electron chi connectivity index (χ3n) is 13.5. The maximum absolute atomic E-state index is 2.51. The van der Waals surface area contributed by atoms with E-state index in [4.69, 9.17) is 0 Å². The summed E-state index contributed by atoms with van der Waals surface area (Å²) in [4.78, 5) is 2.41. The van der Waals surface area contributed by atoms with Crippen LogP contribution in [0.15, 0.2) is 152 Å². The summed E-state index contributed by atoms with van der Waals surface area (Å²) in [5, 5.41) is 7.79. The van der Waals surface area contributed by atoms with Crippen LogP contribution in [-0.4, -0.2) is 0 Å². The number of hydrogen-bond acceptors (Lipinski definition) is 1. The van der Waals surface area contributed by atoms with Gasteiger partial charge in [-0.1, -0.05) is 161 Å². The standard InChI is InChI=1S/C54H47N/c1-5-53(6-2)46-20-13-12-19-43(46)51-52(53)44-32-25-37(35-47(44)54(51,7-3)8-4)22-21-36-23-30-42(31-24-36)55(41-17-10-9-11-18-41)48-34-29-40-27-26-38-15-14-16-39-28-33-45(48)50(40)49(38)39/h9-35H,5-8H2,1-4H3. The second kappa shape index (κ2) is 12.8. The van der Waals surface area contributed by atoms with Gasteiger partial charge in [0.15, 0.2) is 0 Å². The molecule has 1 heteroatoms. The average Bonchev–Trinajstić information content (AvgIpc) is 3.71. The maximum atomic E-state index is 2.51. The second-order valence-electron chi connectivity index (χ2n) is 15.7. The van der Waals surface area contributed by atoms with Gasteiger partial charge in [0.1, 0.15) is 0 Å². The third kappa shape index (κ3) is 4.78. The molecule has 0 saturated heterocycles. The lowest BCUT2D eigenvalue weighted by molar-refractivity contribution is 0.518. The lowest BCUT2D eigenvalue weighted by Gasteiger charge is -2.34. The molecule has 0 bridgehead atoms. The highest BCUT2D eigenvalue weighted by molar-refractivity contribution is 6.25. The van der Waals surface area contributed by atoms with Gasteiger partial charge >= 0.3 is 0 Å². The molecule has 8 aromatic carbocycles. The van der Waals surface area contributed by atoms with E-state index in [9.17, 15) is 0 Å². The number of fused-ring (bicyclic) bond motifs is 4. The van der Waals surface area contributed by atoms with Gasteiger partial charge in [-0.2, -0.15) is 0 Å². The summed E-state index contributed by atoms with van der Waals surface area (Å²) in [5.41, 5.74) is 15.3. The van der Waals surface area contributed by atoms with Crippen molar-refractivity contribution in [3.05, 3.63) is 185 Å². The van der Waals surface area contributed by atoms with Crippen LogP contribution >= 0.6 is 0 Å². The van der Waals surface area contributed by atoms with Crippen LogP contribution in [0, 0.1) is 0 Å². The molecular weight excluding hydrogens is 663 g/mol. The van der Waals surface area contributed by atoms with E-state index in [2.05, 4.69) is 196 Å². The molecular formula is C54H47N. The van der Waals surface area contributed by atoms with Gasteiger partial charge in [-0.25, -0.2) is 0 Å². The molecule has 0 spiro atoms. The molecule has 0 fully saturated rings. The van der Waals surface area contributed by atoms with E-state index >= 15 is 0 Å². The fraction of sp³-hybridized carbons (Fsp3) is 0.185. The van der Waals surface area contributed by atoms with Gasteiger partial charge in [0, 0.05) is 27.6 Å². The number of allylic oxidation sites excluding steroid dienone is 2. The zero-order chi connectivity index (χ0) is 37.3. The molecule has 55 heavy (non-hydrogen) atoms. The Bertz CT molecular complexity index is 2780. The largest absolute Gasteiger partial charge is 0.310 e. The van der Waals surface area contributed by atoms with Crippen LogP contribution in [0.25, 0.3) is 55.6 Å². The number of benzene rings is 8. The van der Waals surface area contributed by atoms with Crippen molar-refractivity contribution in [1.82, 2.24) is 0 Å². The number of nitrogens with zero attached hydrogens (tertiary/aromatic N) is 1. The molecule has 2 aliphatic rings. The summed E-state index contributed by atoms with van der Waals surface area (Å²) in [6, 6.07) is 56.7. The molecule has 0 amide bonds. The van der Waals surface area contributed by atoms with Crippen molar-refractivity contribution in [3.63, 3.8) is 0 Å². The molecule has 1 nitrogen and oxygen atoms in total. The minimum absolute atomic E-state index is 0.0321. The van der Waals surface area contributed by atoms with E-state index in [0.29, 0.717) is 0 Å². The quantitative estimate of drug-likeness (QED) is 0.107. The first-order valence-corrected chi connectivity index (χ1v) is 20.3. The van der Waals surface area contributed by atoms with E-state index in [1.807, 2.05) is 0 Å². The van der Waals surface area contributed by atoms with E-state index in [1.165, 1.54) is 65.8 Å². The smallest absolute Gasteiger partial charge is 0.0540 e. The van der Waals surface area contributed by atoms with Crippen molar-refractivity contribution in [3.8, 4) is 0 Å². The van der Waals surface area contributed by atoms with Gasteiger partial charge in [-0.05, 0) is 127 Å². The van der Waals surface area contributed by atoms with Crippen LogP contribution < -0.4 is 4.90 Å². The fourth-order valence-corrected chi connectivity index (χ4v) is 10.7. The highest BCUT2D eigenvalue weighted by Gasteiger charge is 2.54. The highest BCUT2D eigenvalue weighted by Crippen LogP contribution is 2.66. The summed E-state index contributed by atoms with van der Waals surface area (Å²) >= 11 is 0. The van der Waals surface area contributed by atoms with Gasteiger partial charge in [0.05, 0.1) is 5.69 Å². The van der Waals surface area contributed by atoms with E-state index in [0.717, 1.165) is 37.1 Å². The Morgan fingerprint density at radius 1 is 0.436 bits per heavy atom. The normalized spacial score (nSPS) is 15.3. The fourth-order valence-electron chi connectivity index (χ4n) is 10.7. The van der Waals surface area contributed by atoms with Gasteiger partial charge in [0.2, 0.25) is 0 Å². The lowest BCUT2D eigenvalue weighted by atomic mass is 9.69. The lowest BCUT2D eigenvalue weighted by Crippen LogP contribution is -2.25. The molecule has 0 N–H and O–H groups in total. The summed E-state index contributed by atoms with van der Waals surface area (Å²) in [6.07, 6.45) is 9.04. The zero-order valence-corrected chi connectivity index (χ0v) is 32.4. The van der Waals surface area contributed by atoms with Crippen LogP contribution in [0.1, 0.15) is 86.8 Å². The summed E-state index contributed by atoms with van der Waals surface area (Å²) in [5.74, 6) is 0. The molecule has 8 aromatic rings. The van der Waals surface area contributed by atoms with E-state index in [-0.39, 0.29) is 10.8 Å². The van der Waals surface area contributed by atoms with E-state index in [1.54, 1.807) is 16.7 Å². The Labute approximate surface area is 325 Å². The number of rotatable bonds is 9. The maximum Gasteiger partial charge on any atom is 0.0540 e. The molecule has 0 aromatic heterocycles. The van der Waals surface area contributed by atoms with Crippen molar-refractivity contribution < 1.29 is 0 Å². The third-order valence-corrected chi connectivity index (χ3v) is 13.5. The van der Waals surface area contributed by atoms with Crippen molar-refractivity contribution in [2.75, 3.05) is 4.90 Å². The van der Waals surface area contributed by atoms with Crippen LogP contribution in [0.3, 0.4) is 0 Å². The SMILES string of the molecule is CCC1(CC)C2=C(c3ccccc31)C(CC)(CC)c1cc(C=Cc3ccc(N(c4ccccc4)c4ccc5ccc6cccc7ccc4c5c67)cc3)ccc12. The molecule has 0 radical (unpaired) electrons.